The zero-order chi connectivity index (χ0) is 15.4. The van der Waals surface area contributed by atoms with Gasteiger partial charge in [-0.15, -0.1) is 0 Å². The van der Waals surface area contributed by atoms with Crippen molar-refractivity contribution >= 4 is 11.6 Å². The lowest BCUT2D eigenvalue weighted by Crippen LogP contribution is -2.34. The number of benzene rings is 1. The number of anilines is 1. The van der Waals surface area contributed by atoms with E-state index in [-0.39, 0.29) is 11.8 Å². The fraction of sp³-hybridized carbons (Fsp3) is 0.294. The van der Waals surface area contributed by atoms with Gasteiger partial charge in [0.15, 0.2) is 0 Å². The highest BCUT2D eigenvalue weighted by Crippen LogP contribution is 2.19. The van der Waals surface area contributed by atoms with E-state index < -0.39 is 5.63 Å². The zero-order valence-corrected chi connectivity index (χ0v) is 12.5. The zero-order valence-electron chi connectivity index (χ0n) is 12.5. The van der Waals surface area contributed by atoms with E-state index in [2.05, 4.69) is 0 Å². The molecule has 0 bridgehead atoms. The smallest absolute Gasteiger partial charge is 0.337 e. The van der Waals surface area contributed by atoms with E-state index in [4.69, 9.17) is 4.42 Å². The number of amides is 1. The standard InChI is InChI=1S/C17H19NO3/c1-12(2)17(20)18(11-14-7-5-4-6-8-14)15-9-13(3)21-16(19)10-15/h4-10,12H,11H2,1-3H3. The van der Waals surface area contributed by atoms with Crippen LogP contribution in [0.5, 0.6) is 0 Å². The normalized spacial score (nSPS) is 10.7. The summed E-state index contributed by atoms with van der Waals surface area (Å²) < 4.78 is 4.96. The quantitative estimate of drug-likeness (QED) is 0.867. The Bertz CT molecular complexity index is 674. The lowest BCUT2D eigenvalue weighted by Gasteiger charge is -2.24. The molecule has 0 aliphatic carbocycles. The van der Waals surface area contributed by atoms with Gasteiger partial charge in [0.1, 0.15) is 5.76 Å². The average molecular weight is 285 g/mol. The van der Waals surface area contributed by atoms with Gasteiger partial charge in [0.2, 0.25) is 5.91 Å². The number of hydrogen-bond acceptors (Lipinski definition) is 3. The molecule has 0 N–H and O–H groups in total. The van der Waals surface area contributed by atoms with Crippen LogP contribution in [0.1, 0.15) is 25.2 Å². The minimum atomic E-state index is -0.445. The molecule has 0 saturated heterocycles. The third-order valence-electron chi connectivity index (χ3n) is 3.13. The lowest BCUT2D eigenvalue weighted by molar-refractivity contribution is -0.121. The molecule has 4 heteroatoms. The predicted octanol–water partition coefficient (Wildman–Crippen LogP) is 3.14. The highest BCUT2D eigenvalue weighted by molar-refractivity contribution is 5.94. The Morgan fingerprint density at radius 3 is 2.43 bits per heavy atom. The minimum Gasteiger partial charge on any atom is -0.428 e. The van der Waals surface area contributed by atoms with Crippen molar-refractivity contribution in [3.05, 3.63) is 64.2 Å². The van der Waals surface area contributed by atoms with Crippen molar-refractivity contribution in [2.45, 2.75) is 27.3 Å². The molecule has 0 fully saturated rings. The van der Waals surface area contributed by atoms with Gasteiger partial charge in [0.25, 0.3) is 0 Å². The van der Waals surface area contributed by atoms with E-state index in [1.165, 1.54) is 6.07 Å². The summed E-state index contributed by atoms with van der Waals surface area (Å²) in [7, 11) is 0. The molecule has 0 radical (unpaired) electrons. The van der Waals surface area contributed by atoms with Crippen LogP contribution >= 0.6 is 0 Å². The summed E-state index contributed by atoms with van der Waals surface area (Å²) in [6.07, 6.45) is 0. The van der Waals surface area contributed by atoms with E-state index in [1.54, 1.807) is 17.9 Å². The Balaban J connectivity index is 2.40. The van der Waals surface area contributed by atoms with Gasteiger partial charge in [0, 0.05) is 18.1 Å². The van der Waals surface area contributed by atoms with E-state index >= 15 is 0 Å². The second-order valence-electron chi connectivity index (χ2n) is 5.31. The van der Waals surface area contributed by atoms with Crippen LogP contribution in [0.15, 0.2) is 51.7 Å². The van der Waals surface area contributed by atoms with Crippen LogP contribution < -0.4 is 10.5 Å². The summed E-state index contributed by atoms with van der Waals surface area (Å²) in [4.78, 5) is 25.6. The van der Waals surface area contributed by atoms with Crippen molar-refractivity contribution in [1.82, 2.24) is 0 Å². The van der Waals surface area contributed by atoms with Crippen LogP contribution in [0.3, 0.4) is 0 Å². The Hall–Kier alpha value is -2.36. The third-order valence-corrected chi connectivity index (χ3v) is 3.13. The van der Waals surface area contributed by atoms with Crippen LogP contribution in [0.25, 0.3) is 0 Å². The predicted molar refractivity (Wildman–Crippen MR) is 82.2 cm³/mol. The fourth-order valence-corrected chi connectivity index (χ4v) is 2.12. The highest BCUT2D eigenvalue weighted by atomic mass is 16.4. The number of aryl methyl sites for hydroxylation is 1. The summed E-state index contributed by atoms with van der Waals surface area (Å²) in [5.74, 6) is 0.317. The third kappa shape index (κ3) is 3.81. The number of rotatable bonds is 4. The van der Waals surface area contributed by atoms with Crippen molar-refractivity contribution < 1.29 is 9.21 Å². The molecule has 1 amide bonds. The second kappa shape index (κ2) is 6.39. The lowest BCUT2D eigenvalue weighted by atomic mass is 10.1. The van der Waals surface area contributed by atoms with E-state index in [0.717, 1.165) is 5.56 Å². The van der Waals surface area contributed by atoms with Crippen LogP contribution in [0.2, 0.25) is 0 Å². The summed E-state index contributed by atoms with van der Waals surface area (Å²) in [6.45, 7) is 5.82. The van der Waals surface area contributed by atoms with Gasteiger partial charge in [-0.1, -0.05) is 44.2 Å². The molecule has 0 saturated carbocycles. The average Bonchev–Trinajstić information content (AvgIpc) is 2.44. The van der Waals surface area contributed by atoms with Crippen molar-refractivity contribution in [2.75, 3.05) is 4.90 Å². The van der Waals surface area contributed by atoms with Gasteiger partial charge >= 0.3 is 5.63 Å². The first-order valence-electron chi connectivity index (χ1n) is 6.94. The van der Waals surface area contributed by atoms with Gasteiger partial charge in [-0.2, -0.15) is 0 Å². The molecule has 110 valence electrons. The second-order valence-corrected chi connectivity index (χ2v) is 5.31. The molecule has 1 heterocycles. The van der Waals surface area contributed by atoms with E-state index in [9.17, 15) is 9.59 Å². The first-order chi connectivity index (χ1) is 9.97. The molecular weight excluding hydrogens is 266 g/mol. The van der Waals surface area contributed by atoms with Crippen molar-refractivity contribution in [2.24, 2.45) is 5.92 Å². The van der Waals surface area contributed by atoms with E-state index in [0.29, 0.717) is 18.0 Å². The molecule has 1 aromatic heterocycles. The number of carbonyl (C=O) groups excluding carboxylic acids is 1. The molecule has 2 aromatic rings. The Kier molecular flexibility index (Phi) is 4.58. The van der Waals surface area contributed by atoms with Crippen LogP contribution in [-0.4, -0.2) is 5.91 Å². The first-order valence-corrected chi connectivity index (χ1v) is 6.94. The Morgan fingerprint density at radius 1 is 1.19 bits per heavy atom. The van der Waals surface area contributed by atoms with Gasteiger partial charge in [-0.25, -0.2) is 4.79 Å². The molecule has 0 aliphatic rings. The SMILES string of the molecule is Cc1cc(N(Cc2ccccc2)C(=O)C(C)C)cc(=O)o1. The molecule has 0 unspecified atom stereocenters. The Labute approximate surface area is 124 Å². The molecule has 0 aliphatic heterocycles. The summed E-state index contributed by atoms with van der Waals surface area (Å²) in [5.41, 5.74) is 1.14. The molecule has 0 atom stereocenters. The Morgan fingerprint density at radius 2 is 1.86 bits per heavy atom. The summed E-state index contributed by atoms with van der Waals surface area (Å²) in [5, 5.41) is 0. The molecule has 4 nitrogen and oxygen atoms in total. The van der Waals surface area contributed by atoms with Crippen molar-refractivity contribution in [1.29, 1.82) is 0 Å². The van der Waals surface area contributed by atoms with Crippen LogP contribution in [-0.2, 0) is 11.3 Å². The van der Waals surface area contributed by atoms with E-state index in [1.807, 2.05) is 44.2 Å². The number of hydrogen-bond donors (Lipinski definition) is 0. The largest absolute Gasteiger partial charge is 0.428 e. The maximum Gasteiger partial charge on any atom is 0.337 e. The summed E-state index contributed by atoms with van der Waals surface area (Å²) >= 11 is 0. The van der Waals surface area contributed by atoms with Gasteiger partial charge in [-0.05, 0) is 12.5 Å². The maximum absolute atomic E-state index is 12.5. The fourth-order valence-electron chi connectivity index (χ4n) is 2.12. The van der Waals surface area contributed by atoms with Crippen molar-refractivity contribution in [3.8, 4) is 0 Å². The van der Waals surface area contributed by atoms with Crippen LogP contribution in [0, 0.1) is 12.8 Å². The highest BCUT2D eigenvalue weighted by Gasteiger charge is 2.20. The monoisotopic (exact) mass is 285 g/mol. The van der Waals surface area contributed by atoms with Gasteiger partial charge in [0.05, 0.1) is 12.2 Å². The molecule has 21 heavy (non-hydrogen) atoms. The van der Waals surface area contributed by atoms with Gasteiger partial charge < -0.3 is 9.32 Å². The van der Waals surface area contributed by atoms with Crippen molar-refractivity contribution in [3.63, 3.8) is 0 Å². The first kappa shape index (κ1) is 15.0. The molecule has 1 aromatic carbocycles. The minimum absolute atomic E-state index is 0.0242. The maximum atomic E-state index is 12.5. The molecular formula is C17H19NO3. The summed E-state index contributed by atoms with van der Waals surface area (Å²) in [6, 6.07) is 12.8. The molecule has 0 spiro atoms. The van der Waals surface area contributed by atoms with Gasteiger partial charge in [-0.3, -0.25) is 4.79 Å². The number of carbonyl (C=O) groups is 1. The van der Waals surface area contributed by atoms with Crippen LogP contribution in [0.4, 0.5) is 5.69 Å². The number of nitrogens with zero attached hydrogens (tertiary/aromatic N) is 1. The molecule has 2 rings (SSSR count). The topological polar surface area (TPSA) is 50.5 Å².